The van der Waals surface area contributed by atoms with Crippen molar-refractivity contribution in [1.82, 2.24) is 4.98 Å². The standard InChI is InChI=1S/C18H23F3N2O2/c1-4-5-9-15(22)25-14-8-6-7-13-17(14)12(18(19,20)21)10-16(23-13)24-11(2)3/h6-8,10-11,15H,4-5,9,22H2,1-3H3. The van der Waals surface area contributed by atoms with Crippen molar-refractivity contribution in [2.45, 2.75) is 58.5 Å². The van der Waals surface area contributed by atoms with Gasteiger partial charge in [0.15, 0.2) is 0 Å². The lowest BCUT2D eigenvalue weighted by Gasteiger charge is -2.19. The Kier molecular flexibility index (Phi) is 6.11. The Hall–Kier alpha value is -2.02. The van der Waals surface area contributed by atoms with Crippen LogP contribution in [0, 0.1) is 0 Å². The predicted octanol–water partition coefficient (Wildman–Crippen LogP) is 4.89. The molecule has 0 aliphatic rings. The first-order valence-electron chi connectivity index (χ1n) is 8.32. The molecule has 0 radical (unpaired) electrons. The van der Waals surface area contributed by atoms with Crippen molar-refractivity contribution in [1.29, 1.82) is 0 Å². The zero-order valence-corrected chi connectivity index (χ0v) is 14.6. The molecule has 0 saturated carbocycles. The number of benzene rings is 1. The Morgan fingerprint density at radius 1 is 1.20 bits per heavy atom. The van der Waals surface area contributed by atoms with E-state index >= 15 is 0 Å². The molecule has 0 spiro atoms. The Morgan fingerprint density at radius 3 is 2.52 bits per heavy atom. The lowest BCUT2D eigenvalue weighted by atomic mass is 10.1. The number of alkyl halides is 3. The SMILES string of the molecule is CCCCC(N)Oc1cccc2nc(OC(C)C)cc(C(F)(F)F)c12. The second kappa shape index (κ2) is 7.91. The highest BCUT2D eigenvalue weighted by Gasteiger charge is 2.35. The van der Waals surface area contributed by atoms with Crippen LogP contribution in [0.1, 0.15) is 45.6 Å². The van der Waals surface area contributed by atoms with E-state index in [1.165, 1.54) is 12.1 Å². The highest BCUT2D eigenvalue weighted by molar-refractivity contribution is 5.89. The molecule has 2 N–H and O–H groups in total. The zero-order valence-electron chi connectivity index (χ0n) is 14.6. The molecule has 0 aliphatic heterocycles. The van der Waals surface area contributed by atoms with Crippen LogP contribution < -0.4 is 15.2 Å². The molecule has 1 heterocycles. The Morgan fingerprint density at radius 2 is 1.92 bits per heavy atom. The largest absolute Gasteiger partial charge is 0.475 e. The third kappa shape index (κ3) is 4.98. The monoisotopic (exact) mass is 356 g/mol. The van der Waals surface area contributed by atoms with Gasteiger partial charge in [0.25, 0.3) is 0 Å². The number of halogens is 3. The summed E-state index contributed by atoms with van der Waals surface area (Å²) in [6.07, 6.45) is -3.19. The molecule has 1 unspecified atom stereocenters. The molecule has 0 bridgehead atoms. The van der Waals surface area contributed by atoms with Gasteiger partial charge in [-0.15, -0.1) is 0 Å². The van der Waals surface area contributed by atoms with Gasteiger partial charge in [-0.2, -0.15) is 13.2 Å². The summed E-state index contributed by atoms with van der Waals surface area (Å²) in [4.78, 5) is 4.18. The van der Waals surface area contributed by atoms with Crippen molar-refractivity contribution >= 4 is 10.9 Å². The lowest BCUT2D eigenvalue weighted by molar-refractivity contribution is -0.136. The third-order valence-electron chi connectivity index (χ3n) is 3.55. The van der Waals surface area contributed by atoms with Crippen LogP contribution in [-0.2, 0) is 6.18 Å². The Balaban J connectivity index is 2.53. The molecule has 1 aromatic heterocycles. The minimum atomic E-state index is -4.57. The highest BCUT2D eigenvalue weighted by atomic mass is 19.4. The number of unbranched alkanes of at least 4 members (excludes halogenated alkanes) is 1. The van der Waals surface area contributed by atoms with Gasteiger partial charge in [-0.25, -0.2) is 4.98 Å². The van der Waals surface area contributed by atoms with Gasteiger partial charge in [0.05, 0.1) is 22.6 Å². The summed E-state index contributed by atoms with van der Waals surface area (Å²) in [6.45, 7) is 5.46. The van der Waals surface area contributed by atoms with E-state index < -0.39 is 18.0 Å². The first kappa shape index (κ1) is 19.3. The molecule has 0 saturated heterocycles. The molecule has 1 atom stereocenters. The van der Waals surface area contributed by atoms with Crippen molar-refractivity contribution in [3.05, 3.63) is 29.8 Å². The third-order valence-corrected chi connectivity index (χ3v) is 3.55. The van der Waals surface area contributed by atoms with Crippen molar-refractivity contribution in [3.63, 3.8) is 0 Å². The van der Waals surface area contributed by atoms with Crippen molar-refractivity contribution in [3.8, 4) is 11.6 Å². The minimum absolute atomic E-state index is 0.0674. The van der Waals surface area contributed by atoms with E-state index in [1.54, 1.807) is 19.9 Å². The van der Waals surface area contributed by atoms with E-state index in [0.29, 0.717) is 6.42 Å². The van der Waals surface area contributed by atoms with Crippen LogP contribution in [0.3, 0.4) is 0 Å². The van der Waals surface area contributed by atoms with Crippen LogP contribution in [0.25, 0.3) is 10.9 Å². The molecular weight excluding hydrogens is 333 g/mol. The zero-order chi connectivity index (χ0) is 18.6. The molecule has 25 heavy (non-hydrogen) atoms. The maximum absolute atomic E-state index is 13.6. The van der Waals surface area contributed by atoms with Gasteiger partial charge in [0.1, 0.15) is 12.0 Å². The quantitative estimate of drug-likeness (QED) is 0.717. The van der Waals surface area contributed by atoms with Crippen LogP contribution in [0.5, 0.6) is 11.6 Å². The first-order chi connectivity index (χ1) is 11.7. The van der Waals surface area contributed by atoms with Gasteiger partial charge in [0.2, 0.25) is 5.88 Å². The van der Waals surface area contributed by atoms with Crippen molar-refractivity contribution in [2.24, 2.45) is 5.73 Å². The van der Waals surface area contributed by atoms with Crippen LogP contribution >= 0.6 is 0 Å². The summed E-state index contributed by atoms with van der Waals surface area (Å²) in [7, 11) is 0. The van der Waals surface area contributed by atoms with Gasteiger partial charge >= 0.3 is 6.18 Å². The van der Waals surface area contributed by atoms with Crippen LogP contribution in [-0.4, -0.2) is 17.3 Å². The number of hydrogen-bond acceptors (Lipinski definition) is 4. The second-order valence-electron chi connectivity index (χ2n) is 6.12. The summed E-state index contributed by atoms with van der Waals surface area (Å²) in [5.41, 5.74) is 5.21. The fourth-order valence-electron chi connectivity index (χ4n) is 2.48. The molecule has 7 heteroatoms. The summed E-state index contributed by atoms with van der Waals surface area (Å²) >= 11 is 0. The fourth-order valence-corrected chi connectivity index (χ4v) is 2.48. The number of nitrogens with two attached hydrogens (primary N) is 1. The summed E-state index contributed by atoms with van der Waals surface area (Å²) in [5, 5.41) is -0.0990. The molecule has 2 rings (SSSR count). The molecule has 0 fully saturated rings. The van der Waals surface area contributed by atoms with Crippen molar-refractivity contribution < 1.29 is 22.6 Å². The molecule has 138 valence electrons. The lowest BCUT2D eigenvalue weighted by Crippen LogP contribution is -2.27. The van der Waals surface area contributed by atoms with E-state index in [0.717, 1.165) is 18.9 Å². The average molecular weight is 356 g/mol. The van der Waals surface area contributed by atoms with Crippen molar-refractivity contribution in [2.75, 3.05) is 0 Å². The number of hydrogen-bond donors (Lipinski definition) is 1. The van der Waals surface area contributed by atoms with Gasteiger partial charge in [0, 0.05) is 6.07 Å². The maximum atomic E-state index is 13.6. The number of fused-ring (bicyclic) bond motifs is 1. The molecule has 2 aromatic rings. The average Bonchev–Trinajstić information content (AvgIpc) is 2.50. The van der Waals surface area contributed by atoms with Crippen LogP contribution in [0.4, 0.5) is 13.2 Å². The summed E-state index contributed by atoms with van der Waals surface area (Å²) in [5.74, 6) is 0.0132. The van der Waals surface area contributed by atoms with E-state index in [1.807, 2.05) is 6.92 Å². The summed E-state index contributed by atoms with van der Waals surface area (Å²) < 4.78 is 51.7. The highest BCUT2D eigenvalue weighted by Crippen LogP contribution is 2.40. The Labute approximate surface area is 145 Å². The normalized spacial score (nSPS) is 13.3. The first-order valence-corrected chi connectivity index (χ1v) is 8.32. The van der Waals surface area contributed by atoms with E-state index in [9.17, 15) is 13.2 Å². The van der Waals surface area contributed by atoms with Gasteiger partial charge in [-0.3, -0.25) is 5.73 Å². The molecule has 0 aliphatic carbocycles. The summed E-state index contributed by atoms with van der Waals surface area (Å²) in [6, 6.07) is 5.49. The van der Waals surface area contributed by atoms with Crippen LogP contribution in [0.2, 0.25) is 0 Å². The topological polar surface area (TPSA) is 57.4 Å². The maximum Gasteiger partial charge on any atom is 0.417 e. The van der Waals surface area contributed by atoms with E-state index in [4.69, 9.17) is 15.2 Å². The van der Waals surface area contributed by atoms with Crippen LogP contribution in [0.15, 0.2) is 24.3 Å². The van der Waals surface area contributed by atoms with E-state index in [-0.39, 0.29) is 28.6 Å². The number of pyridine rings is 1. The molecule has 4 nitrogen and oxygen atoms in total. The number of nitrogens with zero attached hydrogens (tertiary/aromatic N) is 1. The predicted molar refractivity (Wildman–Crippen MR) is 90.6 cm³/mol. The molecule has 0 amide bonds. The Bertz CT molecular complexity index is 717. The second-order valence-corrected chi connectivity index (χ2v) is 6.12. The van der Waals surface area contributed by atoms with Gasteiger partial charge in [-0.1, -0.05) is 19.4 Å². The number of rotatable bonds is 7. The molecule has 1 aromatic carbocycles. The number of ether oxygens (including phenoxy) is 2. The molecular formula is C18H23F3N2O2. The van der Waals surface area contributed by atoms with Gasteiger partial charge < -0.3 is 9.47 Å². The fraction of sp³-hybridized carbons (Fsp3) is 0.500. The van der Waals surface area contributed by atoms with E-state index in [2.05, 4.69) is 4.98 Å². The minimum Gasteiger partial charge on any atom is -0.475 e. The number of aromatic nitrogens is 1. The van der Waals surface area contributed by atoms with Gasteiger partial charge in [-0.05, 0) is 38.8 Å². The smallest absolute Gasteiger partial charge is 0.417 e.